The predicted octanol–water partition coefficient (Wildman–Crippen LogP) is 0.516. The van der Waals surface area contributed by atoms with Gasteiger partial charge in [-0.3, -0.25) is 0 Å². The fourth-order valence-electron chi connectivity index (χ4n) is 3.99. The van der Waals surface area contributed by atoms with Crippen molar-refractivity contribution in [3.63, 3.8) is 0 Å². The Balaban J connectivity index is 1.42. The number of nitrogens with zero attached hydrogens (tertiary/aromatic N) is 4. The number of carbonyl (C=O) groups is 1. The van der Waals surface area contributed by atoms with Crippen LogP contribution in [0.1, 0.15) is 26.2 Å². The maximum atomic E-state index is 13.2. The van der Waals surface area contributed by atoms with Gasteiger partial charge in [-0.2, -0.15) is 0 Å². The average Bonchev–Trinajstić information content (AvgIpc) is 3.33. The van der Waals surface area contributed by atoms with Gasteiger partial charge in [0.25, 0.3) is 0 Å². The molecule has 8 nitrogen and oxygen atoms in total. The Labute approximate surface area is 187 Å². The third-order valence-electron chi connectivity index (χ3n) is 5.70. The second kappa shape index (κ2) is 8.26. The van der Waals surface area contributed by atoms with Gasteiger partial charge in [-0.05, 0) is 0 Å². The molecule has 2 saturated heterocycles. The van der Waals surface area contributed by atoms with E-state index in [0.717, 1.165) is 55.8 Å². The van der Waals surface area contributed by atoms with Gasteiger partial charge in [0.2, 0.25) is 0 Å². The summed E-state index contributed by atoms with van der Waals surface area (Å²) in [5.41, 5.74) is 2.24. The number of anilines is 2. The molecule has 1 N–H and O–H groups in total. The van der Waals surface area contributed by atoms with Crippen molar-refractivity contribution in [2.75, 3.05) is 62.4 Å². The van der Waals surface area contributed by atoms with Gasteiger partial charge in [-0.15, -0.1) is 0 Å². The number of ether oxygens (including phenoxy) is 2. The molecule has 5 rings (SSSR count). The van der Waals surface area contributed by atoms with Crippen molar-refractivity contribution in [1.29, 1.82) is 0 Å². The van der Waals surface area contributed by atoms with Crippen molar-refractivity contribution < 1.29 is 19.4 Å². The quantitative estimate of drug-likeness (QED) is 0.560. The van der Waals surface area contributed by atoms with E-state index in [4.69, 9.17) is 19.4 Å². The molecule has 0 saturated carbocycles. The van der Waals surface area contributed by atoms with E-state index < -0.39 is 5.92 Å². The number of hydrogen-bond donors (Lipinski definition) is 1. The molecule has 1 aliphatic carbocycles. The van der Waals surface area contributed by atoms with Crippen molar-refractivity contribution in [2.24, 2.45) is 0 Å². The number of ketones is 1. The molecule has 2 aromatic heterocycles. The minimum absolute atomic E-state index is 0.0248. The van der Waals surface area contributed by atoms with Crippen LogP contribution in [0, 0.1) is 13.8 Å². The second-order valence-electron chi connectivity index (χ2n) is 7.61. The summed E-state index contributed by atoms with van der Waals surface area (Å²) in [4.78, 5) is 27.1. The predicted molar refractivity (Wildman–Crippen MR) is 115 cm³/mol. The van der Waals surface area contributed by atoms with Crippen LogP contribution < -0.4 is 9.80 Å². The van der Waals surface area contributed by atoms with Gasteiger partial charge in [-0.25, -0.2) is 0 Å². The van der Waals surface area contributed by atoms with Crippen LogP contribution in [0.5, 0.6) is 0 Å². The normalized spacial score (nSPS) is 22.6. The summed E-state index contributed by atoms with van der Waals surface area (Å²) in [7, 11) is 0. The Morgan fingerprint density at radius 1 is 0.900 bits per heavy atom. The molecule has 0 amide bonds. The summed E-state index contributed by atoms with van der Waals surface area (Å²) in [5.74, 6) is -0.285. The number of rotatable bonds is 4. The van der Waals surface area contributed by atoms with Crippen LogP contribution in [0.15, 0.2) is 5.76 Å². The van der Waals surface area contributed by atoms with Crippen LogP contribution in [-0.4, -0.2) is 102 Å². The minimum atomic E-state index is -0.522. The number of aliphatic hydroxyl groups excluding tert-OH is 1. The summed E-state index contributed by atoms with van der Waals surface area (Å²) < 4.78 is 14.9. The SMILES string of the molecule is Cc1nc(N2CCOCC2)[se]c1C1=C(O)C(c2[se]c(N3CCOCC3)nc2C)C1=O. The van der Waals surface area contributed by atoms with Crippen LogP contribution in [0.2, 0.25) is 0 Å². The standard InChI is InChI=1S/C20H24N4O4Se2/c1-11-17(29-19(21-11)23-3-7-27-8-4-23)13-15(25)14(16(13)26)18-12(2)22-20(30-18)24-5-9-28-10-6-24/h13,25H,3-10H2,1-2H3. The van der Waals surface area contributed by atoms with Gasteiger partial charge in [-0.1, -0.05) is 0 Å². The van der Waals surface area contributed by atoms with Crippen LogP contribution in [0.4, 0.5) is 9.38 Å². The zero-order valence-corrected chi connectivity index (χ0v) is 20.4. The van der Waals surface area contributed by atoms with E-state index in [1.807, 2.05) is 13.8 Å². The average molecular weight is 542 g/mol. The summed E-state index contributed by atoms with van der Waals surface area (Å²) in [6.45, 7) is 10.1. The topological polar surface area (TPSA) is 88.0 Å². The second-order valence-corrected chi connectivity index (χ2v) is 11.8. The van der Waals surface area contributed by atoms with Gasteiger partial charge in [0, 0.05) is 0 Å². The third-order valence-corrected chi connectivity index (χ3v) is 11.0. The number of Topliss-reactive ketones (excluding diaryl/α,β-unsaturated/α-hetero) is 1. The molecule has 0 radical (unpaired) electrons. The Morgan fingerprint density at radius 2 is 1.43 bits per heavy atom. The zero-order valence-electron chi connectivity index (χ0n) is 17.0. The first-order valence-electron chi connectivity index (χ1n) is 10.1. The van der Waals surface area contributed by atoms with E-state index in [9.17, 15) is 9.90 Å². The van der Waals surface area contributed by atoms with Gasteiger partial charge in [0.1, 0.15) is 0 Å². The number of aryl methyl sites for hydroxylation is 2. The van der Waals surface area contributed by atoms with Crippen molar-refractivity contribution in [3.05, 3.63) is 26.0 Å². The molecule has 10 heteroatoms. The van der Waals surface area contributed by atoms with E-state index in [-0.39, 0.29) is 40.5 Å². The van der Waals surface area contributed by atoms with E-state index in [1.165, 1.54) is 0 Å². The van der Waals surface area contributed by atoms with Gasteiger partial charge < -0.3 is 0 Å². The molecule has 0 bridgehead atoms. The van der Waals surface area contributed by atoms with Crippen LogP contribution in [0.25, 0.3) is 5.57 Å². The van der Waals surface area contributed by atoms with Crippen molar-refractivity contribution in [1.82, 2.24) is 9.97 Å². The van der Waals surface area contributed by atoms with Crippen molar-refractivity contribution >= 4 is 49.7 Å². The number of allylic oxidation sites excluding steroid dienone is 2. The Morgan fingerprint density at radius 3 is 2.00 bits per heavy atom. The summed E-state index contributed by atoms with van der Waals surface area (Å²) in [6.07, 6.45) is 0. The molecule has 4 heterocycles. The molecule has 160 valence electrons. The van der Waals surface area contributed by atoms with E-state index in [1.54, 1.807) is 0 Å². The van der Waals surface area contributed by atoms with E-state index >= 15 is 0 Å². The molecule has 2 fully saturated rings. The Hall–Kier alpha value is -1.41. The fraction of sp³-hybridized carbons (Fsp3) is 0.550. The molecule has 2 aliphatic heterocycles. The molecule has 0 spiro atoms. The molecule has 1 unspecified atom stereocenters. The molecule has 0 aromatic carbocycles. The molecular weight excluding hydrogens is 518 g/mol. The molecular formula is C20H24N4O4Se2. The first kappa shape index (κ1) is 20.5. The first-order valence-corrected chi connectivity index (χ1v) is 13.5. The van der Waals surface area contributed by atoms with Gasteiger partial charge in [0.15, 0.2) is 0 Å². The number of aliphatic hydroxyl groups is 1. The maximum absolute atomic E-state index is 13.2. The van der Waals surface area contributed by atoms with Gasteiger partial charge in [0.05, 0.1) is 0 Å². The van der Waals surface area contributed by atoms with Crippen molar-refractivity contribution in [2.45, 2.75) is 19.8 Å². The molecule has 30 heavy (non-hydrogen) atoms. The summed E-state index contributed by atoms with van der Waals surface area (Å²) in [6, 6.07) is 0. The monoisotopic (exact) mass is 544 g/mol. The first-order chi connectivity index (χ1) is 14.5. The van der Waals surface area contributed by atoms with E-state index in [2.05, 4.69) is 9.80 Å². The van der Waals surface area contributed by atoms with Crippen LogP contribution in [0.3, 0.4) is 0 Å². The third kappa shape index (κ3) is 3.49. The fourth-order valence-corrected chi connectivity index (χ4v) is 9.02. The van der Waals surface area contributed by atoms with Crippen LogP contribution in [-0.2, 0) is 14.3 Å². The van der Waals surface area contributed by atoms with Crippen LogP contribution >= 0.6 is 0 Å². The number of aromatic nitrogens is 2. The van der Waals surface area contributed by atoms with Crippen molar-refractivity contribution in [3.8, 4) is 0 Å². The molecule has 2 aromatic rings. The Bertz CT molecular complexity index is 1000. The van der Waals surface area contributed by atoms with Gasteiger partial charge >= 0.3 is 187 Å². The number of carbonyl (C=O) groups excluding carboxylic acids is 1. The van der Waals surface area contributed by atoms with E-state index in [0.29, 0.717) is 32.0 Å². The Kier molecular flexibility index (Phi) is 5.64. The summed E-state index contributed by atoms with van der Waals surface area (Å²) >= 11 is -0.105. The number of morpholine rings is 2. The number of hydrogen-bond acceptors (Lipinski definition) is 8. The molecule has 3 aliphatic rings. The zero-order chi connectivity index (χ0) is 20.8. The summed E-state index contributed by atoms with van der Waals surface area (Å²) in [5, 5.41) is 10.9. The molecule has 1 atom stereocenters.